The molecule has 27 heavy (non-hydrogen) atoms. The Morgan fingerprint density at radius 2 is 1.74 bits per heavy atom. The first kappa shape index (κ1) is 18.8. The van der Waals surface area contributed by atoms with Crippen molar-refractivity contribution in [2.24, 2.45) is 0 Å². The van der Waals surface area contributed by atoms with E-state index in [1.807, 2.05) is 60.5 Å². The zero-order chi connectivity index (χ0) is 19.2. The smallest absolute Gasteiger partial charge is 0.223 e. The molecule has 2 aromatic carbocycles. The van der Waals surface area contributed by atoms with Crippen LogP contribution >= 0.6 is 0 Å². The van der Waals surface area contributed by atoms with Crippen LogP contribution < -0.4 is 0 Å². The van der Waals surface area contributed by atoms with Gasteiger partial charge in [0.15, 0.2) is 0 Å². The highest BCUT2D eigenvalue weighted by atomic mass is 16.2. The number of benzene rings is 2. The number of carbonyl (C=O) groups excluding carboxylic acids is 1. The molecule has 3 nitrogen and oxygen atoms in total. The van der Waals surface area contributed by atoms with E-state index < -0.39 is 0 Å². The molecule has 1 amide bonds. The van der Waals surface area contributed by atoms with Gasteiger partial charge in [0.25, 0.3) is 0 Å². The fourth-order valence-electron chi connectivity index (χ4n) is 3.45. The van der Waals surface area contributed by atoms with Gasteiger partial charge in [-0.2, -0.15) is 0 Å². The molecule has 0 bridgehead atoms. The van der Waals surface area contributed by atoms with E-state index in [0.29, 0.717) is 6.42 Å². The van der Waals surface area contributed by atoms with Crippen LogP contribution in [-0.4, -0.2) is 22.8 Å². The van der Waals surface area contributed by atoms with E-state index in [1.165, 1.54) is 16.7 Å². The minimum absolute atomic E-state index is 0.120. The third kappa shape index (κ3) is 4.62. The lowest BCUT2D eigenvalue weighted by Gasteiger charge is -2.28. The van der Waals surface area contributed by atoms with Crippen LogP contribution in [-0.2, 0) is 11.2 Å². The quantitative estimate of drug-likeness (QED) is 0.629. The van der Waals surface area contributed by atoms with Crippen LogP contribution in [0.3, 0.4) is 0 Å². The summed E-state index contributed by atoms with van der Waals surface area (Å²) in [6, 6.07) is 22.1. The summed E-state index contributed by atoms with van der Waals surface area (Å²) in [4.78, 5) is 19.3. The highest BCUT2D eigenvalue weighted by Crippen LogP contribution is 2.27. The first-order valence-corrected chi connectivity index (χ1v) is 9.34. The summed E-state index contributed by atoms with van der Waals surface area (Å²) in [5.74, 6) is 0.120. The first-order valence-electron chi connectivity index (χ1n) is 9.34. The predicted octanol–water partition coefficient (Wildman–Crippen LogP) is 4.88. The average Bonchev–Trinajstić information content (AvgIpc) is 2.69. The molecule has 3 aromatic rings. The Labute approximate surface area is 161 Å². The van der Waals surface area contributed by atoms with Gasteiger partial charge in [0.2, 0.25) is 5.91 Å². The van der Waals surface area contributed by atoms with Crippen molar-refractivity contribution in [3.05, 3.63) is 101 Å². The van der Waals surface area contributed by atoms with Crippen molar-refractivity contribution in [1.82, 2.24) is 9.88 Å². The van der Waals surface area contributed by atoms with Gasteiger partial charge in [0.05, 0.1) is 11.7 Å². The lowest BCUT2D eigenvalue weighted by molar-refractivity contribution is -0.131. The van der Waals surface area contributed by atoms with Crippen molar-refractivity contribution >= 4 is 5.91 Å². The van der Waals surface area contributed by atoms with E-state index in [2.05, 4.69) is 37.0 Å². The molecule has 138 valence electrons. The fourth-order valence-corrected chi connectivity index (χ4v) is 3.45. The second-order valence-corrected chi connectivity index (χ2v) is 7.00. The van der Waals surface area contributed by atoms with Crippen molar-refractivity contribution in [2.45, 2.75) is 32.7 Å². The number of aromatic nitrogens is 1. The molecule has 0 aliphatic carbocycles. The summed E-state index contributed by atoms with van der Waals surface area (Å²) < 4.78 is 0. The minimum Gasteiger partial charge on any atom is -0.333 e. The lowest BCUT2D eigenvalue weighted by atomic mass is 9.99. The number of pyridine rings is 1. The monoisotopic (exact) mass is 358 g/mol. The number of carbonyl (C=O) groups is 1. The summed E-state index contributed by atoms with van der Waals surface area (Å²) in [7, 11) is 1.87. The number of amides is 1. The maximum Gasteiger partial charge on any atom is 0.223 e. The SMILES string of the molecule is Cc1ccc(CCC(=O)N(C)C(c2ccccc2)c2ccccn2)c(C)c1. The van der Waals surface area contributed by atoms with Gasteiger partial charge in [-0.3, -0.25) is 9.78 Å². The van der Waals surface area contributed by atoms with Gasteiger partial charge in [-0.15, -0.1) is 0 Å². The molecule has 1 atom stereocenters. The third-order valence-corrected chi connectivity index (χ3v) is 4.97. The van der Waals surface area contributed by atoms with Gasteiger partial charge in [0, 0.05) is 19.7 Å². The molecular formula is C24H26N2O. The molecule has 1 aromatic heterocycles. The van der Waals surface area contributed by atoms with E-state index in [-0.39, 0.29) is 11.9 Å². The molecule has 0 saturated heterocycles. The van der Waals surface area contributed by atoms with Crippen LogP contribution in [0.1, 0.15) is 40.4 Å². The Balaban J connectivity index is 1.79. The van der Waals surface area contributed by atoms with Crippen LogP contribution in [0.2, 0.25) is 0 Å². The van der Waals surface area contributed by atoms with Gasteiger partial charge < -0.3 is 4.90 Å². The molecule has 0 radical (unpaired) electrons. The molecule has 0 N–H and O–H groups in total. The van der Waals surface area contributed by atoms with Crippen LogP contribution in [0.5, 0.6) is 0 Å². The Morgan fingerprint density at radius 3 is 2.41 bits per heavy atom. The van der Waals surface area contributed by atoms with Crippen molar-refractivity contribution in [2.75, 3.05) is 7.05 Å². The molecule has 0 saturated carbocycles. The van der Waals surface area contributed by atoms with Gasteiger partial charge in [-0.1, -0.05) is 60.2 Å². The Bertz CT molecular complexity index is 851. The first-order chi connectivity index (χ1) is 13.1. The van der Waals surface area contributed by atoms with Crippen LogP contribution in [0.15, 0.2) is 72.9 Å². The Morgan fingerprint density at radius 1 is 1.00 bits per heavy atom. The number of nitrogens with zero attached hydrogens (tertiary/aromatic N) is 2. The summed E-state index contributed by atoms with van der Waals surface area (Å²) in [5.41, 5.74) is 5.68. The molecule has 0 fully saturated rings. The summed E-state index contributed by atoms with van der Waals surface area (Å²) in [5, 5.41) is 0. The molecule has 0 spiro atoms. The highest BCUT2D eigenvalue weighted by molar-refractivity contribution is 5.77. The third-order valence-electron chi connectivity index (χ3n) is 4.97. The van der Waals surface area contributed by atoms with Crippen molar-refractivity contribution in [1.29, 1.82) is 0 Å². The largest absolute Gasteiger partial charge is 0.333 e. The Hall–Kier alpha value is -2.94. The predicted molar refractivity (Wildman–Crippen MR) is 110 cm³/mol. The van der Waals surface area contributed by atoms with Gasteiger partial charge >= 0.3 is 0 Å². The molecule has 1 heterocycles. The number of hydrogen-bond acceptors (Lipinski definition) is 2. The zero-order valence-electron chi connectivity index (χ0n) is 16.2. The molecular weight excluding hydrogens is 332 g/mol. The van der Waals surface area contributed by atoms with E-state index in [4.69, 9.17) is 0 Å². The van der Waals surface area contributed by atoms with Crippen molar-refractivity contribution < 1.29 is 4.79 Å². The number of rotatable bonds is 6. The average molecular weight is 358 g/mol. The Kier molecular flexibility index (Phi) is 6.02. The molecule has 1 unspecified atom stereocenters. The van der Waals surface area contributed by atoms with E-state index >= 15 is 0 Å². The van der Waals surface area contributed by atoms with Crippen LogP contribution in [0.25, 0.3) is 0 Å². The zero-order valence-corrected chi connectivity index (χ0v) is 16.2. The minimum atomic E-state index is -0.181. The van der Waals surface area contributed by atoms with Crippen molar-refractivity contribution in [3.8, 4) is 0 Å². The topological polar surface area (TPSA) is 33.2 Å². The number of aryl methyl sites for hydroxylation is 3. The molecule has 0 aliphatic heterocycles. The summed E-state index contributed by atoms with van der Waals surface area (Å²) in [6.07, 6.45) is 3.01. The van der Waals surface area contributed by atoms with Gasteiger partial charge in [-0.25, -0.2) is 0 Å². The summed E-state index contributed by atoms with van der Waals surface area (Å²) >= 11 is 0. The number of hydrogen-bond donors (Lipinski definition) is 0. The standard InChI is InChI=1S/C24H26N2O/c1-18-12-13-20(19(2)17-18)14-15-23(27)26(3)24(21-9-5-4-6-10-21)22-11-7-8-16-25-22/h4-13,16-17,24H,14-15H2,1-3H3. The second-order valence-electron chi connectivity index (χ2n) is 7.00. The maximum atomic E-state index is 13.0. The lowest BCUT2D eigenvalue weighted by Crippen LogP contribution is -2.32. The maximum absolute atomic E-state index is 13.0. The van der Waals surface area contributed by atoms with E-state index in [9.17, 15) is 4.79 Å². The molecule has 3 rings (SSSR count). The fraction of sp³-hybridized carbons (Fsp3) is 0.250. The molecule has 0 aliphatic rings. The molecule has 3 heteroatoms. The normalized spacial score (nSPS) is 11.8. The van der Waals surface area contributed by atoms with Crippen molar-refractivity contribution in [3.63, 3.8) is 0 Å². The van der Waals surface area contributed by atoms with E-state index in [1.54, 1.807) is 6.20 Å². The van der Waals surface area contributed by atoms with Crippen LogP contribution in [0.4, 0.5) is 0 Å². The highest BCUT2D eigenvalue weighted by Gasteiger charge is 2.24. The van der Waals surface area contributed by atoms with Crippen LogP contribution in [0, 0.1) is 13.8 Å². The van der Waals surface area contributed by atoms with Gasteiger partial charge in [0.1, 0.15) is 0 Å². The van der Waals surface area contributed by atoms with E-state index in [0.717, 1.165) is 17.7 Å². The second kappa shape index (κ2) is 8.63. The van der Waals surface area contributed by atoms with Gasteiger partial charge in [-0.05, 0) is 49.1 Å². The summed E-state index contributed by atoms with van der Waals surface area (Å²) in [6.45, 7) is 4.20.